The molecule has 92 valence electrons. The highest BCUT2D eigenvalue weighted by molar-refractivity contribution is 9.10. The first-order chi connectivity index (χ1) is 8.13. The molecule has 0 bridgehead atoms. The van der Waals surface area contributed by atoms with E-state index in [1.165, 1.54) is 0 Å². The number of fused-ring (bicyclic) bond motifs is 1. The van der Waals surface area contributed by atoms with Crippen molar-refractivity contribution in [3.05, 3.63) is 28.2 Å². The molecule has 0 spiro atoms. The normalized spacial score (nSPS) is 18.2. The van der Waals surface area contributed by atoms with Crippen LogP contribution in [0.25, 0.3) is 0 Å². The second-order valence-electron chi connectivity index (χ2n) is 4.16. The van der Waals surface area contributed by atoms with E-state index in [0.29, 0.717) is 24.3 Å². The van der Waals surface area contributed by atoms with Crippen LogP contribution in [0.4, 0.5) is 0 Å². The molecule has 0 saturated heterocycles. The minimum absolute atomic E-state index is 0.262. The number of aliphatic hydroxyl groups excluding tert-OH is 2. The van der Waals surface area contributed by atoms with E-state index < -0.39 is 5.41 Å². The van der Waals surface area contributed by atoms with Crippen molar-refractivity contribution in [1.82, 2.24) is 0 Å². The van der Waals surface area contributed by atoms with E-state index in [9.17, 15) is 15.0 Å². The molecule has 1 heterocycles. The Morgan fingerprint density at radius 1 is 1.35 bits per heavy atom. The Morgan fingerprint density at radius 3 is 2.71 bits per heavy atom. The van der Waals surface area contributed by atoms with E-state index in [-0.39, 0.29) is 19.0 Å². The number of benzene rings is 1. The van der Waals surface area contributed by atoms with Crippen LogP contribution in [0.1, 0.15) is 16.8 Å². The van der Waals surface area contributed by atoms with Gasteiger partial charge in [-0.25, -0.2) is 0 Å². The van der Waals surface area contributed by atoms with Gasteiger partial charge in [0.2, 0.25) is 0 Å². The lowest BCUT2D eigenvalue weighted by molar-refractivity contribution is 0.0345. The summed E-state index contributed by atoms with van der Waals surface area (Å²) in [7, 11) is 0. The molecule has 1 aromatic carbocycles. The molecule has 0 radical (unpaired) electrons. The summed E-state index contributed by atoms with van der Waals surface area (Å²) >= 11 is 3.31. The van der Waals surface area contributed by atoms with Crippen LogP contribution in [0, 0.1) is 5.41 Å². The van der Waals surface area contributed by atoms with Crippen LogP contribution < -0.4 is 4.74 Å². The summed E-state index contributed by atoms with van der Waals surface area (Å²) in [4.78, 5) is 12.3. The van der Waals surface area contributed by atoms with Crippen LogP contribution in [0.3, 0.4) is 0 Å². The smallest absolute Gasteiger partial charge is 0.177 e. The maximum atomic E-state index is 12.3. The Morgan fingerprint density at radius 2 is 2.06 bits per heavy atom. The number of aliphatic hydroxyl groups is 2. The van der Waals surface area contributed by atoms with E-state index in [4.69, 9.17) is 4.74 Å². The van der Waals surface area contributed by atoms with Crippen LogP contribution in [0.2, 0.25) is 0 Å². The molecule has 0 aliphatic carbocycles. The summed E-state index contributed by atoms with van der Waals surface area (Å²) in [6.07, 6.45) is 0.311. The van der Waals surface area contributed by atoms with Crippen molar-refractivity contribution in [2.75, 3.05) is 19.8 Å². The Kier molecular flexibility index (Phi) is 3.51. The van der Waals surface area contributed by atoms with Crippen LogP contribution in [-0.2, 0) is 0 Å². The zero-order chi connectivity index (χ0) is 12.5. The molecule has 17 heavy (non-hydrogen) atoms. The quantitative estimate of drug-likeness (QED) is 0.866. The third-order valence-electron chi connectivity index (χ3n) is 3.11. The number of rotatable bonds is 2. The SMILES string of the molecule is O=C1c2ccc(Br)cc2OCCC1(CO)CO. The van der Waals surface area contributed by atoms with Crippen molar-refractivity contribution in [1.29, 1.82) is 0 Å². The third-order valence-corrected chi connectivity index (χ3v) is 3.61. The number of carbonyl (C=O) groups excluding carboxylic acids is 1. The van der Waals surface area contributed by atoms with Crippen LogP contribution in [0.5, 0.6) is 5.75 Å². The molecule has 1 aromatic rings. The number of hydrogen-bond acceptors (Lipinski definition) is 4. The highest BCUT2D eigenvalue weighted by atomic mass is 79.9. The highest BCUT2D eigenvalue weighted by Crippen LogP contribution is 2.35. The number of hydrogen-bond donors (Lipinski definition) is 2. The molecule has 0 atom stereocenters. The maximum Gasteiger partial charge on any atom is 0.177 e. The number of carbonyl (C=O) groups is 1. The first kappa shape index (κ1) is 12.5. The van der Waals surface area contributed by atoms with Crippen molar-refractivity contribution >= 4 is 21.7 Å². The molecule has 0 amide bonds. The largest absolute Gasteiger partial charge is 0.493 e. The lowest BCUT2D eigenvalue weighted by Gasteiger charge is -2.25. The number of Topliss-reactive ketones (excluding diaryl/α,β-unsaturated/α-hetero) is 1. The topological polar surface area (TPSA) is 66.8 Å². The van der Waals surface area contributed by atoms with Crippen molar-refractivity contribution in [3.8, 4) is 5.75 Å². The van der Waals surface area contributed by atoms with Gasteiger partial charge in [0, 0.05) is 4.47 Å². The molecule has 1 aliphatic rings. The number of ketones is 1. The zero-order valence-corrected chi connectivity index (χ0v) is 10.7. The molecule has 1 aliphatic heterocycles. The second kappa shape index (κ2) is 4.76. The summed E-state index contributed by atoms with van der Waals surface area (Å²) in [5, 5.41) is 18.7. The van der Waals surface area contributed by atoms with Gasteiger partial charge in [-0.15, -0.1) is 0 Å². The molecule has 0 aromatic heterocycles. The van der Waals surface area contributed by atoms with Gasteiger partial charge in [0.25, 0.3) is 0 Å². The van der Waals surface area contributed by atoms with Crippen LogP contribution in [0.15, 0.2) is 22.7 Å². The third kappa shape index (κ3) is 2.10. The van der Waals surface area contributed by atoms with Crippen LogP contribution in [-0.4, -0.2) is 35.8 Å². The monoisotopic (exact) mass is 300 g/mol. The van der Waals surface area contributed by atoms with Gasteiger partial charge < -0.3 is 14.9 Å². The van der Waals surface area contributed by atoms with Crippen molar-refractivity contribution in [2.45, 2.75) is 6.42 Å². The molecule has 4 nitrogen and oxygen atoms in total. The standard InChI is InChI=1S/C12H13BrO4/c13-8-1-2-9-10(5-8)17-4-3-12(6-14,7-15)11(9)16/h1-2,5,14-15H,3-4,6-7H2. The Balaban J connectivity index is 2.50. The predicted molar refractivity (Wildman–Crippen MR) is 65.2 cm³/mol. The van der Waals surface area contributed by atoms with Gasteiger partial charge in [-0.1, -0.05) is 15.9 Å². The molecular weight excluding hydrogens is 288 g/mol. The molecule has 5 heteroatoms. The fraction of sp³-hybridized carbons (Fsp3) is 0.417. The average Bonchev–Trinajstić information content (AvgIpc) is 2.47. The lowest BCUT2D eigenvalue weighted by Crippen LogP contribution is -2.38. The van der Waals surface area contributed by atoms with Gasteiger partial charge in [0.15, 0.2) is 5.78 Å². The van der Waals surface area contributed by atoms with Gasteiger partial charge >= 0.3 is 0 Å². The molecule has 0 fully saturated rings. The second-order valence-corrected chi connectivity index (χ2v) is 5.08. The van der Waals surface area contributed by atoms with E-state index in [2.05, 4.69) is 15.9 Å². The van der Waals surface area contributed by atoms with Crippen LogP contribution >= 0.6 is 15.9 Å². The first-order valence-electron chi connectivity index (χ1n) is 5.32. The summed E-state index contributed by atoms with van der Waals surface area (Å²) in [6, 6.07) is 5.11. The zero-order valence-electron chi connectivity index (χ0n) is 9.15. The molecule has 2 N–H and O–H groups in total. The molecule has 0 saturated carbocycles. The minimum atomic E-state index is -1.13. The van der Waals surface area contributed by atoms with Gasteiger partial charge in [0.05, 0.1) is 30.8 Å². The predicted octanol–water partition coefficient (Wildman–Crippen LogP) is 1.39. The van der Waals surface area contributed by atoms with E-state index >= 15 is 0 Å². The van der Waals surface area contributed by atoms with E-state index in [0.717, 1.165) is 4.47 Å². The Labute approximate surface area is 107 Å². The Hall–Kier alpha value is -0.910. The van der Waals surface area contributed by atoms with Crippen molar-refractivity contribution in [3.63, 3.8) is 0 Å². The average molecular weight is 301 g/mol. The summed E-state index contributed by atoms with van der Waals surface area (Å²) in [5.41, 5.74) is -0.715. The van der Waals surface area contributed by atoms with Crippen molar-refractivity contribution < 1.29 is 19.7 Å². The van der Waals surface area contributed by atoms with Gasteiger partial charge in [-0.2, -0.15) is 0 Å². The van der Waals surface area contributed by atoms with Gasteiger partial charge in [-0.05, 0) is 24.6 Å². The number of halogens is 1. The van der Waals surface area contributed by atoms with E-state index in [1.807, 2.05) is 0 Å². The molecule has 0 unspecified atom stereocenters. The number of ether oxygens (including phenoxy) is 1. The minimum Gasteiger partial charge on any atom is -0.493 e. The highest BCUT2D eigenvalue weighted by Gasteiger charge is 2.40. The Bertz CT molecular complexity index is 440. The van der Waals surface area contributed by atoms with Gasteiger partial charge in [0.1, 0.15) is 5.75 Å². The summed E-state index contributed by atoms with van der Waals surface area (Å²) < 4.78 is 6.31. The summed E-state index contributed by atoms with van der Waals surface area (Å²) in [5.74, 6) is 0.232. The molecule has 2 rings (SSSR count). The molecular formula is C12H13BrO4. The van der Waals surface area contributed by atoms with E-state index in [1.54, 1.807) is 18.2 Å². The lowest BCUT2D eigenvalue weighted by atomic mass is 9.79. The fourth-order valence-electron chi connectivity index (χ4n) is 1.91. The van der Waals surface area contributed by atoms with Gasteiger partial charge in [-0.3, -0.25) is 4.79 Å². The maximum absolute atomic E-state index is 12.3. The summed E-state index contributed by atoms with van der Waals surface area (Å²) in [6.45, 7) is -0.446. The van der Waals surface area contributed by atoms with Crippen molar-refractivity contribution in [2.24, 2.45) is 5.41 Å². The fourth-order valence-corrected chi connectivity index (χ4v) is 2.25. The first-order valence-corrected chi connectivity index (χ1v) is 6.11.